The topological polar surface area (TPSA) is 46.6 Å². The Labute approximate surface area is 110 Å². The lowest BCUT2D eigenvalue weighted by atomic mass is 10.2. The summed E-state index contributed by atoms with van der Waals surface area (Å²) in [6.07, 6.45) is 0.617. The van der Waals surface area contributed by atoms with E-state index in [0.717, 1.165) is 4.47 Å². The Morgan fingerprint density at radius 1 is 1.47 bits per heavy atom. The molecule has 0 saturated carbocycles. The average molecular weight is 320 g/mol. The SMILES string of the molecule is CCCS(=O)(=O)N1CCOc2cc(Br)ccc21. The fourth-order valence-corrected chi connectivity index (χ4v) is 3.71. The molecule has 17 heavy (non-hydrogen) atoms. The van der Waals surface area contributed by atoms with Crippen molar-refractivity contribution in [3.8, 4) is 5.75 Å². The maximum atomic E-state index is 12.1. The number of benzene rings is 1. The standard InChI is InChI=1S/C11H14BrNO3S/c1-2-7-17(14,15)13-5-6-16-11-8-9(12)3-4-10(11)13/h3-4,8H,2,5-7H2,1H3. The van der Waals surface area contributed by atoms with Crippen molar-refractivity contribution in [1.82, 2.24) is 0 Å². The van der Waals surface area contributed by atoms with Crippen LogP contribution in [-0.2, 0) is 10.0 Å². The largest absolute Gasteiger partial charge is 0.489 e. The fourth-order valence-electron chi connectivity index (χ4n) is 1.83. The highest BCUT2D eigenvalue weighted by Crippen LogP contribution is 2.35. The molecular weight excluding hydrogens is 306 g/mol. The number of anilines is 1. The zero-order chi connectivity index (χ0) is 12.5. The summed E-state index contributed by atoms with van der Waals surface area (Å²) in [4.78, 5) is 0. The first-order chi connectivity index (χ1) is 8.04. The Bertz CT molecular complexity index is 515. The van der Waals surface area contributed by atoms with Crippen molar-refractivity contribution in [2.75, 3.05) is 23.2 Å². The monoisotopic (exact) mass is 319 g/mol. The van der Waals surface area contributed by atoms with Crippen molar-refractivity contribution in [1.29, 1.82) is 0 Å². The van der Waals surface area contributed by atoms with Gasteiger partial charge in [0.15, 0.2) is 0 Å². The van der Waals surface area contributed by atoms with E-state index in [1.54, 1.807) is 12.1 Å². The van der Waals surface area contributed by atoms with Crippen LogP contribution in [0.4, 0.5) is 5.69 Å². The normalized spacial score (nSPS) is 15.3. The van der Waals surface area contributed by atoms with E-state index in [0.29, 0.717) is 31.0 Å². The first-order valence-electron chi connectivity index (χ1n) is 5.47. The third-order valence-corrected chi connectivity index (χ3v) is 5.01. The Balaban J connectivity index is 2.42. The van der Waals surface area contributed by atoms with E-state index in [2.05, 4.69) is 15.9 Å². The second-order valence-corrected chi connectivity index (χ2v) is 6.78. The zero-order valence-electron chi connectivity index (χ0n) is 9.52. The molecule has 0 spiro atoms. The van der Waals surface area contributed by atoms with Gasteiger partial charge in [0.25, 0.3) is 0 Å². The molecule has 0 radical (unpaired) electrons. The van der Waals surface area contributed by atoms with E-state index in [1.165, 1.54) is 4.31 Å². The van der Waals surface area contributed by atoms with Crippen LogP contribution in [0.15, 0.2) is 22.7 Å². The van der Waals surface area contributed by atoms with E-state index >= 15 is 0 Å². The Morgan fingerprint density at radius 2 is 2.24 bits per heavy atom. The van der Waals surface area contributed by atoms with Crippen molar-refractivity contribution < 1.29 is 13.2 Å². The molecule has 6 heteroatoms. The summed E-state index contributed by atoms with van der Waals surface area (Å²) in [5, 5.41) is 0. The van der Waals surface area contributed by atoms with Crippen molar-refractivity contribution in [2.45, 2.75) is 13.3 Å². The van der Waals surface area contributed by atoms with Crippen LogP contribution in [0, 0.1) is 0 Å². The zero-order valence-corrected chi connectivity index (χ0v) is 11.9. The molecule has 0 unspecified atom stereocenters. The van der Waals surface area contributed by atoms with Crippen LogP contribution in [0.25, 0.3) is 0 Å². The molecule has 2 rings (SSSR count). The second kappa shape index (κ2) is 4.86. The average Bonchev–Trinajstić information content (AvgIpc) is 2.27. The number of hydrogen-bond donors (Lipinski definition) is 0. The quantitative estimate of drug-likeness (QED) is 0.859. The number of sulfonamides is 1. The summed E-state index contributed by atoms with van der Waals surface area (Å²) in [5.41, 5.74) is 0.632. The van der Waals surface area contributed by atoms with Gasteiger partial charge in [-0.05, 0) is 24.6 Å². The highest BCUT2D eigenvalue weighted by molar-refractivity contribution is 9.10. The summed E-state index contributed by atoms with van der Waals surface area (Å²) < 4.78 is 32.0. The molecule has 0 amide bonds. The summed E-state index contributed by atoms with van der Waals surface area (Å²) in [6.45, 7) is 2.64. The Morgan fingerprint density at radius 3 is 2.94 bits per heavy atom. The van der Waals surface area contributed by atoms with E-state index in [-0.39, 0.29) is 5.75 Å². The van der Waals surface area contributed by atoms with Gasteiger partial charge in [-0.3, -0.25) is 4.31 Å². The van der Waals surface area contributed by atoms with Crippen molar-refractivity contribution >= 4 is 31.6 Å². The van der Waals surface area contributed by atoms with Gasteiger partial charge < -0.3 is 4.74 Å². The maximum absolute atomic E-state index is 12.1. The van der Waals surface area contributed by atoms with Gasteiger partial charge in [0, 0.05) is 4.47 Å². The van der Waals surface area contributed by atoms with Crippen molar-refractivity contribution in [2.24, 2.45) is 0 Å². The summed E-state index contributed by atoms with van der Waals surface area (Å²) in [6, 6.07) is 5.39. The lowest BCUT2D eigenvalue weighted by Gasteiger charge is -2.30. The van der Waals surface area contributed by atoms with Gasteiger partial charge in [0.1, 0.15) is 12.4 Å². The van der Waals surface area contributed by atoms with E-state index in [4.69, 9.17) is 4.74 Å². The van der Waals surface area contributed by atoms with Crippen molar-refractivity contribution in [3.63, 3.8) is 0 Å². The molecule has 0 fully saturated rings. The minimum Gasteiger partial charge on any atom is -0.489 e. The lowest BCUT2D eigenvalue weighted by Crippen LogP contribution is -2.39. The molecule has 1 aromatic carbocycles. The molecule has 0 atom stereocenters. The molecular formula is C11H14BrNO3S. The van der Waals surface area contributed by atoms with Gasteiger partial charge in [-0.2, -0.15) is 0 Å². The van der Waals surface area contributed by atoms with Gasteiger partial charge in [0.2, 0.25) is 10.0 Å². The third kappa shape index (κ3) is 2.57. The lowest BCUT2D eigenvalue weighted by molar-refractivity contribution is 0.315. The van der Waals surface area contributed by atoms with E-state index in [1.807, 2.05) is 13.0 Å². The predicted molar refractivity (Wildman–Crippen MR) is 71.1 cm³/mol. The van der Waals surface area contributed by atoms with Gasteiger partial charge >= 0.3 is 0 Å². The van der Waals surface area contributed by atoms with Crippen LogP contribution in [0.2, 0.25) is 0 Å². The minimum absolute atomic E-state index is 0.169. The molecule has 4 nitrogen and oxygen atoms in total. The number of halogens is 1. The van der Waals surface area contributed by atoms with Crippen LogP contribution in [0.5, 0.6) is 5.75 Å². The van der Waals surface area contributed by atoms with Crippen LogP contribution in [0.3, 0.4) is 0 Å². The number of rotatable bonds is 3. The van der Waals surface area contributed by atoms with Gasteiger partial charge in [-0.1, -0.05) is 22.9 Å². The molecule has 1 aliphatic heterocycles. The molecule has 0 saturated heterocycles. The maximum Gasteiger partial charge on any atom is 0.235 e. The number of fused-ring (bicyclic) bond motifs is 1. The highest BCUT2D eigenvalue weighted by Gasteiger charge is 2.27. The summed E-state index contributed by atoms with van der Waals surface area (Å²) in [5.74, 6) is 0.785. The number of hydrogen-bond acceptors (Lipinski definition) is 3. The van der Waals surface area contributed by atoms with E-state index in [9.17, 15) is 8.42 Å². The van der Waals surface area contributed by atoms with Gasteiger partial charge in [0.05, 0.1) is 18.0 Å². The number of nitrogens with zero attached hydrogens (tertiary/aromatic N) is 1. The van der Waals surface area contributed by atoms with Crippen molar-refractivity contribution in [3.05, 3.63) is 22.7 Å². The summed E-state index contributed by atoms with van der Waals surface area (Å²) >= 11 is 3.34. The Kier molecular flexibility index (Phi) is 3.63. The highest BCUT2D eigenvalue weighted by atomic mass is 79.9. The molecule has 1 aromatic rings. The predicted octanol–water partition coefficient (Wildman–Crippen LogP) is 2.39. The molecule has 1 heterocycles. The van der Waals surface area contributed by atoms with Gasteiger partial charge in [-0.25, -0.2) is 8.42 Å². The first-order valence-corrected chi connectivity index (χ1v) is 7.87. The molecule has 0 aliphatic carbocycles. The molecule has 1 aliphatic rings. The van der Waals surface area contributed by atoms with Crippen LogP contribution in [0.1, 0.15) is 13.3 Å². The third-order valence-electron chi connectivity index (χ3n) is 2.54. The summed E-state index contributed by atoms with van der Waals surface area (Å²) in [7, 11) is -3.22. The minimum atomic E-state index is -3.22. The molecule has 0 bridgehead atoms. The Hall–Kier alpha value is -0.750. The van der Waals surface area contributed by atoms with Gasteiger partial charge in [-0.15, -0.1) is 0 Å². The second-order valence-electron chi connectivity index (χ2n) is 3.85. The molecule has 94 valence electrons. The smallest absolute Gasteiger partial charge is 0.235 e. The van der Waals surface area contributed by atoms with Crippen LogP contribution < -0.4 is 9.04 Å². The van der Waals surface area contributed by atoms with Crippen LogP contribution in [-0.4, -0.2) is 27.3 Å². The first kappa shape index (κ1) is 12.7. The number of ether oxygens (including phenoxy) is 1. The molecule has 0 aromatic heterocycles. The van der Waals surface area contributed by atoms with E-state index < -0.39 is 10.0 Å². The van der Waals surface area contributed by atoms with Crippen LogP contribution >= 0.6 is 15.9 Å². The fraction of sp³-hybridized carbons (Fsp3) is 0.455. The molecule has 0 N–H and O–H groups in total.